The number of phenols is 1. The molecule has 2 aromatic carbocycles. The summed E-state index contributed by atoms with van der Waals surface area (Å²) in [6, 6.07) is 8.85. The fourth-order valence-electron chi connectivity index (χ4n) is 2.03. The molecule has 0 radical (unpaired) electrons. The number of carbonyl (C=O) groups is 1. The highest BCUT2D eigenvalue weighted by molar-refractivity contribution is 5.94. The Morgan fingerprint density at radius 3 is 2.14 bits per heavy atom. The Morgan fingerprint density at radius 1 is 1.10 bits per heavy atom. The van der Waals surface area contributed by atoms with Crippen LogP contribution in [0.4, 0.5) is 8.78 Å². The fraction of sp³-hybridized carbons (Fsp3) is 0.188. The van der Waals surface area contributed by atoms with Crippen LogP contribution in [0, 0.1) is 11.6 Å². The molecular formula is C16H15F2NO2. The van der Waals surface area contributed by atoms with Crippen molar-refractivity contribution in [1.82, 2.24) is 4.90 Å². The molecule has 0 aliphatic carbocycles. The zero-order valence-electron chi connectivity index (χ0n) is 11.7. The molecule has 0 spiro atoms. The van der Waals surface area contributed by atoms with Crippen LogP contribution in [0.25, 0.3) is 0 Å². The van der Waals surface area contributed by atoms with Crippen molar-refractivity contribution in [2.24, 2.45) is 0 Å². The zero-order valence-corrected chi connectivity index (χ0v) is 11.7. The van der Waals surface area contributed by atoms with E-state index in [9.17, 15) is 18.7 Å². The summed E-state index contributed by atoms with van der Waals surface area (Å²) in [6.45, 7) is 1.79. The van der Waals surface area contributed by atoms with Crippen LogP contribution in [0.5, 0.6) is 5.75 Å². The second-order valence-electron chi connectivity index (χ2n) is 4.84. The summed E-state index contributed by atoms with van der Waals surface area (Å²) in [5, 5.41) is 9.26. The lowest BCUT2D eigenvalue weighted by Crippen LogP contribution is -2.29. The summed E-state index contributed by atoms with van der Waals surface area (Å²) in [6.07, 6.45) is 0. The van der Waals surface area contributed by atoms with Gasteiger partial charge in [0.2, 0.25) is 0 Å². The number of carbonyl (C=O) groups excluding carboxylic acids is 1. The summed E-state index contributed by atoms with van der Waals surface area (Å²) in [4.78, 5) is 13.7. The van der Waals surface area contributed by atoms with Gasteiger partial charge in [-0.3, -0.25) is 4.79 Å². The van der Waals surface area contributed by atoms with Gasteiger partial charge in [0.25, 0.3) is 5.91 Å². The van der Waals surface area contributed by atoms with Crippen molar-refractivity contribution in [3.05, 3.63) is 65.2 Å². The van der Waals surface area contributed by atoms with Gasteiger partial charge in [0.1, 0.15) is 17.4 Å². The van der Waals surface area contributed by atoms with Gasteiger partial charge in [0.05, 0.1) is 6.04 Å². The van der Waals surface area contributed by atoms with Crippen LogP contribution in [0.1, 0.15) is 28.9 Å². The maximum atomic E-state index is 13.2. The van der Waals surface area contributed by atoms with Crippen LogP contribution in [0.3, 0.4) is 0 Å². The van der Waals surface area contributed by atoms with Gasteiger partial charge in [-0.25, -0.2) is 8.78 Å². The van der Waals surface area contributed by atoms with E-state index in [1.54, 1.807) is 26.1 Å². The summed E-state index contributed by atoms with van der Waals surface area (Å²) in [5.74, 6) is -1.92. The maximum absolute atomic E-state index is 13.2. The number of rotatable bonds is 3. The molecule has 110 valence electrons. The van der Waals surface area contributed by atoms with E-state index in [-0.39, 0.29) is 17.4 Å². The SMILES string of the molecule is CC(c1ccc(O)cc1)N(C)C(=O)c1cc(F)cc(F)c1. The van der Waals surface area contributed by atoms with Crippen LogP contribution < -0.4 is 0 Å². The highest BCUT2D eigenvalue weighted by atomic mass is 19.1. The number of amides is 1. The molecule has 0 heterocycles. The first-order chi connectivity index (χ1) is 9.88. The molecule has 1 atom stereocenters. The van der Waals surface area contributed by atoms with Crippen molar-refractivity contribution in [3.63, 3.8) is 0 Å². The van der Waals surface area contributed by atoms with Crippen molar-refractivity contribution in [1.29, 1.82) is 0 Å². The molecule has 0 aliphatic heterocycles. The molecular weight excluding hydrogens is 276 g/mol. The van der Waals surface area contributed by atoms with Crippen molar-refractivity contribution in [2.75, 3.05) is 7.05 Å². The minimum absolute atomic E-state index is 0.0411. The average Bonchev–Trinajstić information content (AvgIpc) is 2.44. The molecule has 0 aliphatic rings. The third-order valence-electron chi connectivity index (χ3n) is 3.39. The van der Waals surface area contributed by atoms with Crippen molar-refractivity contribution in [3.8, 4) is 5.75 Å². The average molecular weight is 291 g/mol. The third kappa shape index (κ3) is 3.37. The van der Waals surface area contributed by atoms with Crippen molar-refractivity contribution in [2.45, 2.75) is 13.0 Å². The molecule has 0 saturated heterocycles. The molecule has 0 fully saturated rings. The molecule has 2 rings (SSSR count). The van der Waals surface area contributed by atoms with Crippen molar-refractivity contribution >= 4 is 5.91 Å². The first kappa shape index (κ1) is 15.0. The number of hydrogen-bond donors (Lipinski definition) is 1. The monoisotopic (exact) mass is 291 g/mol. The summed E-state index contributed by atoms with van der Waals surface area (Å²) in [7, 11) is 1.56. The molecule has 0 bridgehead atoms. The highest BCUT2D eigenvalue weighted by Gasteiger charge is 2.20. The van der Waals surface area contributed by atoms with Crippen LogP contribution in [-0.4, -0.2) is 23.0 Å². The normalized spacial score (nSPS) is 12.0. The summed E-state index contributed by atoms with van der Waals surface area (Å²) < 4.78 is 26.4. The molecule has 1 unspecified atom stereocenters. The minimum atomic E-state index is -0.788. The Bertz CT molecular complexity index is 636. The molecule has 2 aromatic rings. The first-order valence-corrected chi connectivity index (χ1v) is 6.40. The van der Waals surface area contributed by atoms with Gasteiger partial charge in [-0.2, -0.15) is 0 Å². The molecule has 1 N–H and O–H groups in total. The van der Waals surface area contributed by atoms with Gasteiger partial charge in [-0.1, -0.05) is 12.1 Å². The van der Waals surface area contributed by atoms with E-state index in [1.165, 1.54) is 17.0 Å². The van der Waals surface area contributed by atoms with Crippen LogP contribution >= 0.6 is 0 Å². The second kappa shape index (κ2) is 5.91. The molecule has 21 heavy (non-hydrogen) atoms. The predicted molar refractivity (Wildman–Crippen MR) is 75.0 cm³/mol. The van der Waals surface area contributed by atoms with Gasteiger partial charge in [0, 0.05) is 18.7 Å². The molecule has 0 aromatic heterocycles. The quantitative estimate of drug-likeness (QED) is 0.940. The number of phenolic OH excluding ortho intramolecular Hbond substituents is 1. The minimum Gasteiger partial charge on any atom is -0.508 e. The lowest BCUT2D eigenvalue weighted by Gasteiger charge is -2.25. The topological polar surface area (TPSA) is 40.5 Å². The smallest absolute Gasteiger partial charge is 0.254 e. The van der Waals surface area contributed by atoms with E-state index in [0.717, 1.165) is 23.8 Å². The Hall–Kier alpha value is -2.43. The van der Waals surface area contributed by atoms with E-state index >= 15 is 0 Å². The largest absolute Gasteiger partial charge is 0.508 e. The Balaban J connectivity index is 2.23. The van der Waals surface area contributed by atoms with E-state index in [4.69, 9.17) is 0 Å². The molecule has 5 heteroatoms. The first-order valence-electron chi connectivity index (χ1n) is 6.40. The number of aromatic hydroxyl groups is 1. The molecule has 3 nitrogen and oxygen atoms in total. The Morgan fingerprint density at radius 2 is 1.62 bits per heavy atom. The number of halogens is 2. The van der Waals surface area contributed by atoms with Crippen LogP contribution in [-0.2, 0) is 0 Å². The van der Waals surface area contributed by atoms with Gasteiger partial charge >= 0.3 is 0 Å². The van der Waals surface area contributed by atoms with Gasteiger partial charge < -0.3 is 10.0 Å². The standard InChI is InChI=1S/C16H15F2NO2/c1-10(11-3-5-15(20)6-4-11)19(2)16(21)12-7-13(17)9-14(18)8-12/h3-10,20H,1-2H3. The van der Waals surface area contributed by atoms with Crippen LogP contribution in [0.15, 0.2) is 42.5 Å². The van der Waals surface area contributed by atoms with E-state index in [2.05, 4.69) is 0 Å². The lowest BCUT2D eigenvalue weighted by atomic mass is 10.1. The third-order valence-corrected chi connectivity index (χ3v) is 3.39. The fourth-order valence-corrected chi connectivity index (χ4v) is 2.03. The maximum Gasteiger partial charge on any atom is 0.254 e. The predicted octanol–water partition coefficient (Wildman–Crippen LogP) is 3.50. The van der Waals surface area contributed by atoms with Gasteiger partial charge in [-0.15, -0.1) is 0 Å². The van der Waals surface area contributed by atoms with Gasteiger partial charge in [0.15, 0.2) is 0 Å². The lowest BCUT2D eigenvalue weighted by molar-refractivity contribution is 0.0741. The molecule has 1 amide bonds. The Labute approximate surface area is 121 Å². The van der Waals surface area contributed by atoms with Gasteiger partial charge in [-0.05, 0) is 36.8 Å². The zero-order chi connectivity index (χ0) is 15.6. The highest BCUT2D eigenvalue weighted by Crippen LogP contribution is 2.23. The van der Waals surface area contributed by atoms with E-state index < -0.39 is 17.5 Å². The van der Waals surface area contributed by atoms with E-state index in [1.807, 2.05) is 0 Å². The molecule has 0 saturated carbocycles. The number of hydrogen-bond acceptors (Lipinski definition) is 2. The second-order valence-corrected chi connectivity index (χ2v) is 4.84. The summed E-state index contributed by atoms with van der Waals surface area (Å²) >= 11 is 0. The van der Waals surface area contributed by atoms with Crippen molar-refractivity contribution < 1.29 is 18.7 Å². The van der Waals surface area contributed by atoms with Crippen LogP contribution in [0.2, 0.25) is 0 Å². The number of benzene rings is 2. The summed E-state index contributed by atoms with van der Waals surface area (Å²) in [5.41, 5.74) is 0.765. The van der Waals surface area contributed by atoms with E-state index in [0.29, 0.717) is 0 Å². The Kier molecular flexibility index (Phi) is 4.21. The number of nitrogens with zero attached hydrogens (tertiary/aromatic N) is 1.